The largest absolute Gasteiger partial charge is 0.331 e. The molecule has 1 heterocycles. The molecule has 0 unspecified atom stereocenters. The molecular weight excluding hydrogens is 222 g/mol. The van der Waals surface area contributed by atoms with E-state index in [1.54, 1.807) is 0 Å². The smallest absolute Gasteiger partial charge is 0.140 e. The maximum atomic E-state index is 8.81. The first kappa shape index (κ1) is 12.4. The molecule has 0 saturated heterocycles. The van der Waals surface area contributed by atoms with Gasteiger partial charge in [-0.05, 0) is 26.3 Å². The van der Waals surface area contributed by atoms with Crippen molar-refractivity contribution in [2.45, 2.75) is 27.2 Å². The van der Waals surface area contributed by atoms with E-state index in [-0.39, 0.29) is 0 Å². The Morgan fingerprint density at radius 3 is 2.61 bits per heavy atom. The quantitative estimate of drug-likeness (QED) is 0.808. The van der Waals surface area contributed by atoms with Gasteiger partial charge in [0, 0.05) is 18.3 Å². The van der Waals surface area contributed by atoms with E-state index in [1.165, 1.54) is 11.1 Å². The minimum absolute atomic E-state index is 0.366. The fraction of sp³-hybridized carbons (Fsp3) is 0.333. The van der Waals surface area contributed by atoms with Crippen molar-refractivity contribution in [2.24, 2.45) is 7.05 Å². The molecule has 1 aromatic carbocycles. The molecule has 0 bridgehead atoms. The summed E-state index contributed by atoms with van der Waals surface area (Å²) >= 11 is 0. The SMILES string of the molecule is Cc1ccc(-c2nc(CC#N)c(C)n2C)c(C)c1. The van der Waals surface area contributed by atoms with Crippen LogP contribution in [0.25, 0.3) is 11.4 Å². The van der Waals surface area contributed by atoms with Crippen molar-refractivity contribution in [2.75, 3.05) is 0 Å². The Labute approximate surface area is 108 Å². The Morgan fingerprint density at radius 1 is 1.28 bits per heavy atom. The average Bonchev–Trinajstić information content (AvgIpc) is 2.58. The highest BCUT2D eigenvalue weighted by Gasteiger charge is 2.13. The van der Waals surface area contributed by atoms with Gasteiger partial charge in [-0.1, -0.05) is 23.8 Å². The molecule has 0 radical (unpaired) electrons. The Balaban J connectivity index is 2.58. The van der Waals surface area contributed by atoms with Gasteiger partial charge in [-0.3, -0.25) is 0 Å². The third-order valence-electron chi connectivity index (χ3n) is 3.35. The predicted octanol–water partition coefficient (Wildman–Crippen LogP) is 3.08. The molecule has 0 fully saturated rings. The normalized spacial score (nSPS) is 10.4. The minimum Gasteiger partial charge on any atom is -0.331 e. The summed E-state index contributed by atoms with van der Waals surface area (Å²) < 4.78 is 2.06. The van der Waals surface area contributed by atoms with Crippen LogP contribution >= 0.6 is 0 Å². The van der Waals surface area contributed by atoms with Crippen molar-refractivity contribution in [3.8, 4) is 17.5 Å². The summed E-state index contributed by atoms with van der Waals surface area (Å²) in [6, 6.07) is 8.51. The minimum atomic E-state index is 0.366. The standard InChI is InChI=1S/C15H17N3/c1-10-5-6-13(11(2)9-10)15-17-14(7-8-16)12(3)18(15)4/h5-6,9H,7H2,1-4H3. The Kier molecular flexibility index (Phi) is 3.20. The summed E-state index contributed by atoms with van der Waals surface area (Å²) in [7, 11) is 2.00. The van der Waals surface area contributed by atoms with Gasteiger partial charge in [0.2, 0.25) is 0 Å². The molecule has 0 atom stereocenters. The molecule has 0 aliphatic carbocycles. The van der Waals surface area contributed by atoms with Gasteiger partial charge >= 0.3 is 0 Å². The lowest BCUT2D eigenvalue weighted by Gasteiger charge is -2.07. The molecule has 18 heavy (non-hydrogen) atoms. The summed E-state index contributed by atoms with van der Waals surface area (Å²) in [5.74, 6) is 0.940. The van der Waals surface area contributed by atoms with Crippen molar-refractivity contribution < 1.29 is 0 Å². The van der Waals surface area contributed by atoms with Gasteiger partial charge in [-0.2, -0.15) is 5.26 Å². The third-order valence-corrected chi connectivity index (χ3v) is 3.35. The van der Waals surface area contributed by atoms with Gasteiger partial charge in [-0.25, -0.2) is 4.98 Å². The second-order valence-electron chi connectivity index (χ2n) is 4.68. The maximum Gasteiger partial charge on any atom is 0.140 e. The highest BCUT2D eigenvalue weighted by atomic mass is 15.1. The number of nitrogens with zero attached hydrogens (tertiary/aromatic N) is 3. The highest BCUT2D eigenvalue weighted by Crippen LogP contribution is 2.25. The highest BCUT2D eigenvalue weighted by molar-refractivity contribution is 5.62. The Hall–Kier alpha value is -2.08. The number of imidazole rings is 1. The van der Waals surface area contributed by atoms with Gasteiger partial charge in [0.25, 0.3) is 0 Å². The molecule has 0 spiro atoms. The number of nitriles is 1. The van der Waals surface area contributed by atoms with E-state index in [1.807, 2.05) is 14.0 Å². The van der Waals surface area contributed by atoms with E-state index < -0.39 is 0 Å². The van der Waals surface area contributed by atoms with Crippen molar-refractivity contribution in [1.82, 2.24) is 9.55 Å². The Morgan fingerprint density at radius 2 is 2.00 bits per heavy atom. The van der Waals surface area contributed by atoms with Gasteiger partial charge in [0.15, 0.2) is 0 Å². The van der Waals surface area contributed by atoms with Crippen LogP contribution in [-0.4, -0.2) is 9.55 Å². The first-order chi connectivity index (χ1) is 8.54. The van der Waals surface area contributed by atoms with Gasteiger partial charge in [-0.15, -0.1) is 0 Å². The van der Waals surface area contributed by atoms with E-state index in [2.05, 4.69) is 47.7 Å². The second kappa shape index (κ2) is 4.66. The average molecular weight is 239 g/mol. The summed E-state index contributed by atoms with van der Waals surface area (Å²) in [6.45, 7) is 6.19. The molecule has 3 heteroatoms. The van der Waals surface area contributed by atoms with Crippen molar-refractivity contribution in [3.05, 3.63) is 40.7 Å². The van der Waals surface area contributed by atoms with Crippen LogP contribution in [0.2, 0.25) is 0 Å². The van der Waals surface area contributed by atoms with Gasteiger partial charge in [0.1, 0.15) is 5.82 Å². The van der Waals surface area contributed by atoms with Crippen LogP contribution in [0.3, 0.4) is 0 Å². The lowest BCUT2D eigenvalue weighted by molar-refractivity contribution is 0.878. The molecular formula is C15H17N3. The number of hydrogen-bond acceptors (Lipinski definition) is 2. The van der Waals surface area contributed by atoms with Crippen LogP contribution < -0.4 is 0 Å². The molecule has 3 nitrogen and oxygen atoms in total. The van der Waals surface area contributed by atoms with Crippen LogP contribution in [0.15, 0.2) is 18.2 Å². The zero-order valence-electron chi connectivity index (χ0n) is 11.3. The number of aryl methyl sites for hydroxylation is 2. The molecule has 0 aliphatic heterocycles. The lowest BCUT2D eigenvalue weighted by Crippen LogP contribution is -1.96. The molecule has 1 aromatic heterocycles. The van der Waals surface area contributed by atoms with E-state index in [9.17, 15) is 0 Å². The number of aromatic nitrogens is 2. The number of hydrogen-bond donors (Lipinski definition) is 0. The van der Waals surface area contributed by atoms with E-state index in [0.717, 1.165) is 22.8 Å². The molecule has 0 N–H and O–H groups in total. The van der Waals surface area contributed by atoms with E-state index >= 15 is 0 Å². The number of rotatable bonds is 2. The summed E-state index contributed by atoms with van der Waals surface area (Å²) in [4.78, 5) is 4.60. The summed E-state index contributed by atoms with van der Waals surface area (Å²) in [6.07, 6.45) is 0.366. The van der Waals surface area contributed by atoms with Crippen LogP contribution in [0.5, 0.6) is 0 Å². The zero-order chi connectivity index (χ0) is 13.3. The predicted molar refractivity (Wildman–Crippen MR) is 72.2 cm³/mol. The fourth-order valence-electron chi connectivity index (χ4n) is 2.18. The zero-order valence-corrected chi connectivity index (χ0v) is 11.3. The Bertz CT molecular complexity index is 630. The molecule has 0 aliphatic rings. The molecule has 2 aromatic rings. The van der Waals surface area contributed by atoms with Gasteiger partial charge < -0.3 is 4.57 Å². The fourth-order valence-corrected chi connectivity index (χ4v) is 2.18. The number of benzene rings is 1. The van der Waals surface area contributed by atoms with Crippen molar-refractivity contribution in [1.29, 1.82) is 5.26 Å². The molecule has 0 saturated carbocycles. The first-order valence-corrected chi connectivity index (χ1v) is 6.01. The topological polar surface area (TPSA) is 41.6 Å². The molecule has 0 amide bonds. The van der Waals surface area contributed by atoms with Crippen LogP contribution in [0.1, 0.15) is 22.5 Å². The van der Waals surface area contributed by atoms with E-state index in [0.29, 0.717) is 6.42 Å². The first-order valence-electron chi connectivity index (χ1n) is 6.01. The molecule has 2 rings (SSSR count). The van der Waals surface area contributed by atoms with Crippen LogP contribution in [-0.2, 0) is 13.5 Å². The lowest BCUT2D eigenvalue weighted by atomic mass is 10.1. The third kappa shape index (κ3) is 2.02. The van der Waals surface area contributed by atoms with Crippen LogP contribution in [0, 0.1) is 32.1 Å². The van der Waals surface area contributed by atoms with Gasteiger partial charge in [0.05, 0.1) is 18.2 Å². The molecule has 92 valence electrons. The summed E-state index contributed by atoms with van der Waals surface area (Å²) in [5.41, 5.74) is 5.53. The summed E-state index contributed by atoms with van der Waals surface area (Å²) in [5, 5.41) is 8.81. The maximum absolute atomic E-state index is 8.81. The second-order valence-corrected chi connectivity index (χ2v) is 4.68. The van der Waals surface area contributed by atoms with E-state index in [4.69, 9.17) is 5.26 Å². The van der Waals surface area contributed by atoms with Crippen molar-refractivity contribution in [3.63, 3.8) is 0 Å². The monoisotopic (exact) mass is 239 g/mol. The van der Waals surface area contributed by atoms with Crippen molar-refractivity contribution >= 4 is 0 Å². The van der Waals surface area contributed by atoms with Crippen LogP contribution in [0.4, 0.5) is 0 Å².